The molecule has 0 aromatic rings. The number of carbonyl (C=O) groups excluding carboxylic acids is 1. The van der Waals surface area contributed by atoms with Gasteiger partial charge in [0.25, 0.3) is 0 Å². The van der Waals surface area contributed by atoms with E-state index in [-0.39, 0.29) is 17.0 Å². The van der Waals surface area contributed by atoms with Crippen LogP contribution in [0.1, 0.15) is 66.7 Å². The van der Waals surface area contributed by atoms with Gasteiger partial charge in [-0.25, -0.2) is 4.79 Å². The predicted molar refractivity (Wildman–Crippen MR) is 85.0 cm³/mol. The van der Waals surface area contributed by atoms with Gasteiger partial charge >= 0.3 is 6.09 Å². The summed E-state index contributed by atoms with van der Waals surface area (Å²) < 4.78 is 5.50. The molecule has 0 aromatic heterocycles. The fourth-order valence-corrected chi connectivity index (χ4v) is 4.48. The molecule has 1 amide bonds. The molecule has 2 aliphatic rings. The van der Waals surface area contributed by atoms with Crippen molar-refractivity contribution >= 4 is 6.09 Å². The number of hydrogen-bond acceptors (Lipinski definition) is 3. The molecule has 2 fully saturated rings. The van der Waals surface area contributed by atoms with Gasteiger partial charge < -0.3 is 15.8 Å². The number of carbonyl (C=O) groups is 1. The summed E-state index contributed by atoms with van der Waals surface area (Å²) >= 11 is 0. The number of nitrogens with one attached hydrogen (secondary N) is 1. The van der Waals surface area contributed by atoms with Gasteiger partial charge in [0.05, 0.1) is 0 Å². The lowest BCUT2D eigenvalue weighted by Crippen LogP contribution is -2.54. The van der Waals surface area contributed by atoms with Crippen molar-refractivity contribution in [3.8, 4) is 0 Å². The van der Waals surface area contributed by atoms with Crippen molar-refractivity contribution in [1.82, 2.24) is 5.32 Å². The van der Waals surface area contributed by atoms with Crippen LogP contribution in [0.15, 0.2) is 0 Å². The molecule has 2 saturated carbocycles. The summed E-state index contributed by atoms with van der Waals surface area (Å²) in [5.41, 5.74) is 5.61. The molecule has 4 heteroatoms. The summed E-state index contributed by atoms with van der Waals surface area (Å²) in [6, 6.07) is 0. The fraction of sp³-hybridized carbons (Fsp3) is 0.941. The average molecular weight is 296 g/mol. The second kappa shape index (κ2) is 5.45. The summed E-state index contributed by atoms with van der Waals surface area (Å²) in [6.07, 6.45) is 5.45. The highest BCUT2D eigenvalue weighted by atomic mass is 16.6. The molecule has 3 N–H and O–H groups in total. The van der Waals surface area contributed by atoms with Crippen LogP contribution in [-0.4, -0.2) is 23.8 Å². The van der Waals surface area contributed by atoms with Crippen molar-refractivity contribution in [2.45, 2.75) is 77.9 Å². The third-order valence-electron chi connectivity index (χ3n) is 5.40. The van der Waals surface area contributed by atoms with Crippen LogP contribution in [0.5, 0.6) is 0 Å². The van der Waals surface area contributed by atoms with Gasteiger partial charge in [-0.05, 0) is 57.4 Å². The first-order chi connectivity index (χ1) is 9.62. The first-order valence-corrected chi connectivity index (χ1v) is 8.34. The maximum atomic E-state index is 12.3. The third-order valence-corrected chi connectivity index (χ3v) is 5.40. The predicted octanol–water partition coefficient (Wildman–Crippen LogP) is 3.44. The highest BCUT2D eigenvalue weighted by Gasteiger charge is 2.66. The molecule has 0 heterocycles. The van der Waals surface area contributed by atoms with E-state index in [1.807, 2.05) is 20.8 Å². The molecule has 2 atom stereocenters. The summed E-state index contributed by atoms with van der Waals surface area (Å²) in [5.74, 6) is 0.980. The number of hydrogen-bond donors (Lipinski definition) is 2. The number of nitrogens with two attached hydrogens (primary N) is 1. The second-order valence-corrected chi connectivity index (χ2v) is 8.48. The van der Waals surface area contributed by atoms with Gasteiger partial charge in [-0.2, -0.15) is 0 Å². The van der Waals surface area contributed by atoms with Crippen LogP contribution in [-0.2, 0) is 4.74 Å². The van der Waals surface area contributed by atoms with Gasteiger partial charge in [0.15, 0.2) is 0 Å². The summed E-state index contributed by atoms with van der Waals surface area (Å²) in [4.78, 5) is 12.3. The Morgan fingerprint density at radius 2 is 1.81 bits per heavy atom. The molecule has 2 rings (SSSR count). The number of amides is 1. The number of rotatable bonds is 3. The minimum absolute atomic E-state index is 0.117. The maximum absolute atomic E-state index is 12.3. The lowest BCUT2D eigenvalue weighted by Gasteiger charge is -2.40. The monoisotopic (exact) mass is 296 g/mol. The highest BCUT2D eigenvalue weighted by molar-refractivity contribution is 5.69. The molecule has 0 saturated heterocycles. The normalized spacial score (nSPS) is 30.6. The number of ether oxygens (including phenoxy) is 1. The van der Waals surface area contributed by atoms with Crippen molar-refractivity contribution < 1.29 is 9.53 Å². The topological polar surface area (TPSA) is 64.3 Å². The Morgan fingerprint density at radius 1 is 1.24 bits per heavy atom. The van der Waals surface area contributed by atoms with E-state index in [1.165, 1.54) is 19.3 Å². The summed E-state index contributed by atoms with van der Waals surface area (Å²) in [7, 11) is 0. The highest BCUT2D eigenvalue weighted by Crippen LogP contribution is 2.64. The molecular formula is C17H32N2O2. The molecule has 21 heavy (non-hydrogen) atoms. The largest absolute Gasteiger partial charge is 0.444 e. The minimum Gasteiger partial charge on any atom is -0.444 e. The van der Waals surface area contributed by atoms with E-state index in [1.54, 1.807) is 0 Å². The van der Waals surface area contributed by atoms with E-state index < -0.39 is 5.60 Å². The summed E-state index contributed by atoms with van der Waals surface area (Å²) in [5, 5.41) is 3.25. The van der Waals surface area contributed by atoms with Gasteiger partial charge in [0, 0.05) is 5.54 Å². The molecule has 0 bridgehead atoms. The Balaban J connectivity index is 2.13. The van der Waals surface area contributed by atoms with Gasteiger partial charge in [0.1, 0.15) is 5.60 Å². The lowest BCUT2D eigenvalue weighted by molar-refractivity contribution is 0.0384. The quantitative estimate of drug-likeness (QED) is 0.838. The lowest BCUT2D eigenvalue weighted by atomic mass is 9.75. The van der Waals surface area contributed by atoms with Crippen LogP contribution in [0.3, 0.4) is 0 Å². The molecule has 0 radical (unpaired) electrons. The molecule has 0 aromatic carbocycles. The maximum Gasteiger partial charge on any atom is 0.408 e. The van der Waals surface area contributed by atoms with Gasteiger partial charge in [0.2, 0.25) is 0 Å². The second-order valence-electron chi connectivity index (χ2n) is 8.48. The zero-order chi connectivity index (χ0) is 15.9. The zero-order valence-corrected chi connectivity index (χ0v) is 14.3. The van der Waals surface area contributed by atoms with E-state index in [0.29, 0.717) is 18.4 Å². The molecule has 0 spiro atoms. The Morgan fingerprint density at radius 3 is 2.24 bits per heavy atom. The standard InChI is InChI=1S/C17H32N2O2/c1-15(2,3)21-14(20)19-17(9-7-6-8-10-17)13-12(11-18)16(13,4)5/h12-13H,6-11,18H2,1-5H3,(H,19,20)/t12-,13-/m1/s1. The molecule has 2 aliphatic carbocycles. The van der Waals surface area contributed by atoms with Gasteiger partial charge in [-0.3, -0.25) is 0 Å². The van der Waals surface area contributed by atoms with Crippen LogP contribution >= 0.6 is 0 Å². The number of alkyl carbamates (subject to hydrolysis) is 1. The van der Waals surface area contributed by atoms with Crippen LogP contribution in [0.4, 0.5) is 4.79 Å². The van der Waals surface area contributed by atoms with Crippen molar-refractivity contribution in [2.75, 3.05) is 6.54 Å². The zero-order valence-electron chi connectivity index (χ0n) is 14.3. The van der Waals surface area contributed by atoms with E-state index >= 15 is 0 Å². The van der Waals surface area contributed by atoms with Crippen molar-refractivity contribution in [1.29, 1.82) is 0 Å². The van der Waals surface area contributed by atoms with Gasteiger partial charge in [-0.15, -0.1) is 0 Å². The fourth-order valence-electron chi connectivity index (χ4n) is 4.48. The van der Waals surface area contributed by atoms with Crippen molar-refractivity contribution in [3.63, 3.8) is 0 Å². The smallest absolute Gasteiger partial charge is 0.408 e. The third kappa shape index (κ3) is 3.36. The van der Waals surface area contributed by atoms with E-state index in [0.717, 1.165) is 12.8 Å². The van der Waals surface area contributed by atoms with Crippen LogP contribution < -0.4 is 11.1 Å². The van der Waals surface area contributed by atoms with Crippen LogP contribution in [0.2, 0.25) is 0 Å². The van der Waals surface area contributed by atoms with E-state index in [2.05, 4.69) is 19.2 Å². The van der Waals surface area contributed by atoms with E-state index in [4.69, 9.17) is 10.5 Å². The molecule has 0 unspecified atom stereocenters. The molecular weight excluding hydrogens is 264 g/mol. The molecule has 122 valence electrons. The van der Waals surface area contributed by atoms with Crippen LogP contribution in [0, 0.1) is 17.3 Å². The first-order valence-electron chi connectivity index (χ1n) is 8.34. The van der Waals surface area contributed by atoms with Crippen LogP contribution in [0.25, 0.3) is 0 Å². The SMILES string of the molecule is CC(C)(C)OC(=O)NC1([C@@H]2[C@@H](CN)C2(C)C)CCCCC1. The van der Waals surface area contributed by atoms with Crippen molar-refractivity contribution in [2.24, 2.45) is 23.0 Å². The Hall–Kier alpha value is -0.770. The first kappa shape index (κ1) is 16.6. The Labute approximate surface area is 129 Å². The van der Waals surface area contributed by atoms with Crippen molar-refractivity contribution in [3.05, 3.63) is 0 Å². The summed E-state index contributed by atoms with van der Waals surface area (Å²) in [6.45, 7) is 11.0. The van der Waals surface area contributed by atoms with Gasteiger partial charge in [-0.1, -0.05) is 33.1 Å². The Bertz CT molecular complexity index is 392. The molecule has 0 aliphatic heterocycles. The molecule has 4 nitrogen and oxygen atoms in total. The minimum atomic E-state index is -0.452. The average Bonchev–Trinajstić information content (AvgIpc) is 2.90. The Kier molecular flexibility index (Phi) is 4.31. The van der Waals surface area contributed by atoms with E-state index in [9.17, 15) is 4.79 Å².